The fourth-order valence-corrected chi connectivity index (χ4v) is 3.81. The molecule has 0 bridgehead atoms. The predicted molar refractivity (Wildman–Crippen MR) is 71.2 cm³/mol. The van der Waals surface area contributed by atoms with Gasteiger partial charge in [-0.05, 0) is 43.9 Å². The number of nitrogens with one attached hydrogen (secondary N) is 1. The van der Waals surface area contributed by atoms with Gasteiger partial charge in [-0.1, -0.05) is 22.0 Å². The van der Waals surface area contributed by atoms with Gasteiger partial charge in [-0.2, -0.15) is 9.98 Å². The van der Waals surface area contributed by atoms with E-state index in [9.17, 15) is 13.7 Å². The van der Waals surface area contributed by atoms with E-state index in [1.165, 1.54) is 12.1 Å². The van der Waals surface area contributed by atoms with Crippen LogP contribution in [0.25, 0.3) is 0 Å². The average Bonchev–Trinajstić information content (AvgIpc) is 3.12. The largest absolute Gasteiger partial charge is 0.241 e. The lowest BCUT2D eigenvalue weighted by Crippen LogP contribution is -2.46. The van der Waals surface area contributed by atoms with E-state index < -0.39 is 15.6 Å². The van der Waals surface area contributed by atoms with Gasteiger partial charge in [-0.3, -0.25) is 0 Å². The number of halogens is 1. The minimum Gasteiger partial charge on any atom is -0.207 e. The fourth-order valence-electron chi connectivity index (χ4n) is 1.83. The molecule has 1 saturated carbocycles. The lowest BCUT2D eigenvalue weighted by molar-refractivity contribution is 0.458. The van der Waals surface area contributed by atoms with Crippen molar-refractivity contribution in [3.8, 4) is 6.07 Å². The van der Waals surface area contributed by atoms with Crippen molar-refractivity contribution in [3.05, 3.63) is 28.7 Å². The third-order valence-corrected chi connectivity index (χ3v) is 5.14. The maximum absolute atomic E-state index is 12.2. The number of sulfonamides is 1. The zero-order chi connectivity index (χ0) is 13.4. The quantitative estimate of drug-likeness (QED) is 0.922. The third-order valence-electron chi connectivity index (χ3n) is 3.08. The van der Waals surface area contributed by atoms with E-state index in [0.29, 0.717) is 4.47 Å². The van der Waals surface area contributed by atoms with Crippen molar-refractivity contribution in [1.29, 1.82) is 5.26 Å². The van der Waals surface area contributed by atoms with Gasteiger partial charge in [0.15, 0.2) is 0 Å². The first kappa shape index (κ1) is 13.5. The average molecular weight is 329 g/mol. The van der Waals surface area contributed by atoms with E-state index in [2.05, 4.69) is 26.7 Å². The van der Waals surface area contributed by atoms with Gasteiger partial charge in [-0.25, -0.2) is 8.42 Å². The molecule has 0 spiro atoms. The SMILES string of the molecule is C[C@](C#N)(NS(=O)(=O)c1cccc(Br)c1)C1CC1. The molecule has 0 aromatic heterocycles. The van der Waals surface area contributed by atoms with Crippen LogP contribution in [0.4, 0.5) is 0 Å². The van der Waals surface area contributed by atoms with Crippen LogP contribution >= 0.6 is 15.9 Å². The molecule has 1 atom stereocenters. The van der Waals surface area contributed by atoms with Crippen molar-refractivity contribution < 1.29 is 8.42 Å². The first-order valence-corrected chi connectivity index (χ1v) is 7.86. The number of hydrogen-bond donors (Lipinski definition) is 1. The van der Waals surface area contributed by atoms with Crippen molar-refractivity contribution in [2.24, 2.45) is 5.92 Å². The smallest absolute Gasteiger partial charge is 0.207 e. The Labute approximate surface area is 115 Å². The summed E-state index contributed by atoms with van der Waals surface area (Å²) in [6, 6.07) is 8.52. The van der Waals surface area contributed by atoms with Gasteiger partial charge in [-0.15, -0.1) is 0 Å². The zero-order valence-corrected chi connectivity index (χ0v) is 12.3. The topological polar surface area (TPSA) is 70.0 Å². The molecule has 1 aliphatic rings. The van der Waals surface area contributed by atoms with Gasteiger partial charge in [0.05, 0.1) is 11.0 Å². The van der Waals surface area contributed by atoms with Gasteiger partial charge in [0, 0.05) is 4.47 Å². The summed E-state index contributed by atoms with van der Waals surface area (Å²) in [6.45, 7) is 1.64. The molecule has 1 aromatic carbocycles. The monoisotopic (exact) mass is 328 g/mol. The van der Waals surface area contributed by atoms with Crippen LogP contribution in [0.2, 0.25) is 0 Å². The third kappa shape index (κ3) is 2.74. The van der Waals surface area contributed by atoms with E-state index in [1.807, 2.05) is 0 Å². The van der Waals surface area contributed by atoms with Crippen LogP contribution in [-0.4, -0.2) is 14.0 Å². The van der Waals surface area contributed by atoms with Gasteiger partial charge in [0.25, 0.3) is 0 Å². The van der Waals surface area contributed by atoms with Crippen molar-refractivity contribution in [3.63, 3.8) is 0 Å². The van der Waals surface area contributed by atoms with E-state index in [-0.39, 0.29) is 10.8 Å². The Hall–Kier alpha value is -0.900. The minimum atomic E-state index is -3.66. The molecule has 1 N–H and O–H groups in total. The molecular weight excluding hydrogens is 316 g/mol. The van der Waals surface area contributed by atoms with Crippen LogP contribution in [0, 0.1) is 17.2 Å². The molecule has 0 amide bonds. The van der Waals surface area contributed by atoms with E-state index in [1.54, 1.807) is 19.1 Å². The van der Waals surface area contributed by atoms with Crippen molar-refractivity contribution >= 4 is 26.0 Å². The molecule has 0 unspecified atom stereocenters. The van der Waals surface area contributed by atoms with Crippen molar-refractivity contribution in [2.45, 2.75) is 30.2 Å². The van der Waals surface area contributed by atoms with Gasteiger partial charge >= 0.3 is 0 Å². The van der Waals surface area contributed by atoms with Crippen molar-refractivity contribution in [1.82, 2.24) is 4.72 Å². The van der Waals surface area contributed by atoms with Gasteiger partial charge < -0.3 is 0 Å². The Morgan fingerprint density at radius 1 is 1.50 bits per heavy atom. The maximum Gasteiger partial charge on any atom is 0.241 e. The molecule has 6 heteroatoms. The lowest BCUT2D eigenvalue weighted by atomic mass is 10.0. The number of rotatable bonds is 4. The highest BCUT2D eigenvalue weighted by Crippen LogP contribution is 2.40. The molecule has 18 heavy (non-hydrogen) atoms. The molecule has 0 heterocycles. The summed E-state index contributed by atoms with van der Waals surface area (Å²) in [6.07, 6.45) is 1.79. The summed E-state index contributed by atoms with van der Waals surface area (Å²) in [5.41, 5.74) is -1.01. The van der Waals surface area contributed by atoms with Crippen LogP contribution in [0.1, 0.15) is 19.8 Å². The number of hydrogen-bond acceptors (Lipinski definition) is 3. The summed E-state index contributed by atoms with van der Waals surface area (Å²) in [5.74, 6) is 0.115. The standard InChI is InChI=1S/C12H13BrN2O2S/c1-12(8-14,9-5-6-9)15-18(16,17)11-4-2-3-10(13)7-11/h2-4,7,9,15H,5-6H2,1H3/t12-/m1/s1. The first-order chi connectivity index (χ1) is 8.37. The normalized spacial score (nSPS) is 18.9. The molecule has 0 saturated heterocycles. The minimum absolute atomic E-state index is 0.115. The second-order valence-corrected chi connectivity index (χ2v) is 7.25. The fraction of sp³-hybridized carbons (Fsp3) is 0.417. The van der Waals surface area contributed by atoms with E-state index >= 15 is 0 Å². The molecule has 1 aliphatic carbocycles. The highest BCUT2D eigenvalue weighted by atomic mass is 79.9. The van der Waals surface area contributed by atoms with E-state index in [0.717, 1.165) is 12.8 Å². The predicted octanol–water partition coefficient (Wildman–Crippen LogP) is 2.42. The molecule has 1 aromatic rings. The van der Waals surface area contributed by atoms with Crippen LogP contribution in [0.3, 0.4) is 0 Å². The van der Waals surface area contributed by atoms with Gasteiger partial charge in [0.1, 0.15) is 5.54 Å². The van der Waals surface area contributed by atoms with Crippen LogP contribution < -0.4 is 4.72 Å². The lowest BCUT2D eigenvalue weighted by Gasteiger charge is -2.22. The highest BCUT2D eigenvalue weighted by molar-refractivity contribution is 9.10. The van der Waals surface area contributed by atoms with E-state index in [4.69, 9.17) is 0 Å². The second kappa shape index (κ2) is 4.65. The first-order valence-electron chi connectivity index (χ1n) is 5.58. The zero-order valence-electron chi connectivity index (χ0n) is 9.85. The van der Waals surface area contributed by atoms with Crippen LogP contribution in [0.15, 0.2) is 33.6 Å². The molecule has 2 rings (SSSR count). The summed E-state index contributed by atoms with van der Waals surface area (Å²) < 4.78 is 27.6. The second-order valence-electron chi connectivity index (χ2n) is 4.65. The molecular formula is C12H13BrN2O2S. The molecule has 0 aliphatic heterocycles. The van der Waals surface area contributed by atoms with Gasteiger partial charge in [0.2, 0.25) is 10.0 Å². The summed E-state index contributed by atoms with van der Waals surface area (Å²) in [5, 5.41) is 9.17. The molecule has 0 radical (unpaired) electrons. The molecule has 96 valence electrons. The Morgan fingerprint density at radius 2 is 2.17 bits per heavy atom. The maximum atomic E-state index is 12.2. The Kier molecular flexibility index (Phi) is 3.49. The highest BCUT2D eigenvalue weighted by Gasteiger charge is 2.44. The Morgan fingerprint density at radius 3 is 2.67 bits per heavy atom. The number of nitrogens with zero attached hydrogens (tertiary/aromatic N) is 1. The Bertz CT molecular complexity index is 605. The van der Waals surface area contributed by atoms with Crippen molar-refractivity contribution in [2.75, 3.05) is 0 Å². The van der Waals surface area contributed by atoms with Crippen LogP contribution in [0.5, 0.6) is 0 Å². The number of nitriles is 1. The summed E-state index contributed by atoms with van der Waals surface area (Å²) in [4.78, 5) is 0.166. The van der Waals surface area contributed by atoms with Crippen LogP contribution in [-0.2, 0) is 10.0 Å². The molecule has 1 fully saturated rings. The summed E-state index contributed by atoms with van der Waals surface area (Å²) in [7, 11) is -3.66. The number of benzene rings is 1. The Balaban J connectivity index is 2.30. The summed E-state index contributed by atoms with van der Waals surface area (Å²) >= 11 is 3.24. The molecule has 4 nitrogen and oxygen atoms in total.